The molecule has 1 aromatic carbocycles. The van der Waals surface area contributed by atoms with Crippen LogP contribution in [-0.4, -0.2) is 35.4 Å². The molecule has 0 spiro atoms. The highest BCUT2D eigenvalue weighted by Crippen LogP contribution is 2.15. The van der Waals surface area contributed by atoms with Gasteiger partial charge in [-0.05, 0) is 25.1 Å². The molecule has 0 aliphatic rings. The second-order valence-corrected chi connectivity index (χ2v) is 6.53. The van der Waals surface area contributed by atoms with Crippen LogP contribution in [0, 0.1) is 12.7 Å². The van der Waals surface area contributed by atoms with Crippen molar-refractivity contribution in [1.82, 2.24) is 29.5 Å². The van der Waals surface area contributed by atoms with Crippen LogP contribution in [0.5, 0.6) is 0 Å². The molecule has 11 heteroatoms. The second-order valence-electron chi connectivity index (χ2n) is 5.67. The summed E-state index contributed by atoms with van der Waals surface area (Å²) in [5.41, 5.74) is 0.828. The highest BCUT2D eigenvalue weighted by atomic mass is 32.1. The van der Waals surface area contributed by atoms with Crippen molar-refractivity contribution in [3.63, 3.8) is 0 Å². The molecule has 3 aromatic heterocycles. The van der Waals surface area contributed by atoms with Gasteiger partial charge in [-0.2, -0.15) is 4.68 Å². The van der Waals surface area contributed by atoms with E-state index >= 15 is 0 Å². The fourth-order valence-electron chi connectivity index (χ4n) is 2.46. The first-order valence-corrected chi connectivity index (χ1v) is 8.68. The molecule has 0 saturated heterocycles. The van der Waals surface area contributed by atoms with Gasteiger partial charge in [0.25, 0.3) is 5.56 Å². The van der Waals surface area contributed by atoms with Gasteiger partial charge in [-0.15, -0.1) is 16.4 Å². The summed E-state index contributed by atoms with van der Waals surface area (Å²) in [6.07, 6.45) is 1.23. The summed E-state index contributed by atoms with van der Waals surface area (Å²) >= 11 is 1.29. The van der Waals surface area contributed by atoms with Crippen molar-refractivity contribution in [2.24, 2.45) is 0 Å². The van der Waals surface area contributed by atoms with E-state index in [1.54, 1.807) is 11.4 Å². The summed E-state index contributed by atoms with van der Waals surface area (Å²) in [4.78, 5) is 33.0. The predicted molar refractivity (Wildman–Crippen MR) is 96.4 cm³/mol. The highest BCUT2D eigenvalue weighted by molar-refractivity contribution is 7.13. The van der Waals surface area contributed by atoms with Gasteiger partial charge in [-0.3, -0.25) is 14.2 Å². The first-order chi connectivity index (χ1) is 13.0. The monoisotopic (exact) mass is 385 g/mol. The third-order valence-corrected chi connectivity index (χ3v) is 4.54. The Bertz CT molecular complexity index is 1210. The molecule has 0 fully saturated rings. The van der Waals surface area contributed by atoms with E-state index in [1.807, 2.05) is 6.92 Å². The standard InChI is InChI=1S/C16H12FN7O2S/c1-9-7-27-16(19-9)20-12(25)6-23-8-18-14-13(15(23)26)21-22-24(14)11-4-2-3-10(17)5-11/h2-5,7-8H,6H2,1H3,(H,19,20,25). The molecule has 0 aliphatic carbocycles. The number of fused-ring (bicyclic) bond motifs is 1. The number of rotatable bonds is 4. The Labute approximate surface area is 155 Å². The van der Waals surface area contributed by atoms with Crippen LogP contribution in [0.3, 0.4) is 0 Å². The Morgan fingerprint density at radius 3 is 2.96 bits per heavy atom. The Kier molecular flexibility index (Phi) is 4.20. The maximum absolute atomic E-state index is 13.4. The Balaban J connectivity index is 1.63. The van der Waals surface area contributed by atoms with E-state index in [4.69, 9.17) is 0 Å². The van der Waals surface area contributed by atoms with Crippen LogP contribution in [0.25, 0.3) is 16.9 Å². The van der Waals surface area contributed by atoms with Crippen LogP contribution >= 0.6 is 11.3 Å². The summed E-state index contributed by atoms with van der Waals surface area (Å²) in [7, 11) is 0. The first kappa shape index (κ1) is 17.0. The van der Waals surface area contributed by atoms with Crippen molar-refractivity contribution in [1.29, 1.82) is 0 Å². The number of carbonyl (C=O) groups is 1. The van der Waals surface area contributed by atoms with Gasteiger partial charge in [0.15, 0.2) is 16.3 Å². The van der Waals surface area contributed by atoms with Gasteiger partial charge < -0.3 is 5.32 Å². The van der Waals surface area contributed by atoms with Crippen LogP contribution in [0.1, 0.15) is 5.69 Å². The number of nitrogens with zero attached hydrogens (tertiary/aromatic N) is 6. The topological polar surface area (TPSA) is 108 Å². The molecule has 9 nitrogen and oxygen atoms in total. The minimum Gasteiger partial charge on any atom is -0.300 e. The fraction of sp³-hybridized carbons (Fsp3) is 0.125. The number of nitrogens with one attached hydrogen (secondary N) is 1. The number of hydrogen-bond acceptors (Lipinski definition) is 7. The van der Waals surface area contributed by atoms with Crippen molar-refractivity contribution >= 4 is 33.5 Å². The lowest BCUT2D eigenvalue weighted by atomic mass is 10.3. The van der Waals surface area contributed by atoms with Crippen molar-refractivity contribution in [2.75, 3.05) is 5.32 Å². The number of hydrogen-bond donors (Lipinski definition) is 1. The average molecular weight is 385 g/mol. The van der Waals surface area contributed by atoms with Crippen molar-refractivity contribution in [2.45, 2.75) is 13.5 Å². The van der Waals surface area contributed by atoms with E-state index in [9.17, 15) is 14.0 Å². The van der Waals surface area contributed by atoms with Crippen LogP contribution in [0.4, 0.5) is 9.52 Å². The molecule has 0 unspecified atom stereocenters. The molecule has 136 valence electrons. The first-order valence-electron chi connectivity index (χ1n) is 7.80. The van der Waals surface area contributed by atoms with Gasteiger partial charge in [0.05, 0.1) is 11.4 Å². The second kappa shape index (κ2) is 6.68. The number of benzene rings is 1. The minimum atomic E-state index is -0.520. The molecule has 1 amide bonds. The number of aromatic nitrogens is 6. The molecule has 0 atom stereocenters. The lowest BCUT2D eigenvalue weighted by Crippen LogP contribution is -2.28. The quantitative estimate of drug-likeness (QED) is 0.571. The molecule has 0 bridgehead atoms. The summed E-state index contributed by atoms with van der Waals surface area (Å²) in [5, 5.41) is 12.6. The molecule has 3 heterocycles. The van der Waals surface area contributed by atoms with Crippen molar-refractivity contribution in [3.8, 4) is 5.69 Å². The molecule has 0 radical (unpaired) electrons. The Hall–Kier alpha value is -3.47. The zero-order valence-corrected chi connectivity index (χ0v) is 14.8. The summed E-state index contributed by atoms with van der Waals surface area (Å²) in [6, 6.07) is 5.69. The van der Waals surface area contributed by atoms with E-state index in [0.29, 0.717) is 10.8 Å². The lowest BCUT2D eigenvalue weighted by Gasteiger charge is -2.05. The third-order valence-electron chi connectivity index (χ3n) is 3.66. The maximum Gasteiger partial charge on any atom is 0.284 e. The minimum absolute atomic E-state index is 0.0142. The summed E-state index contributed by atoms with van der Waals surface area (Å²) in [5.74, 6) is -0.858. The maximum atomic E-state index is 13.4. The zero-order chi connectivity index (χ0) is 19.0. The number of thiazole rings is 1. The largest absolute Gasteiger partial charge is 0.300 e. The van der Waals surface area contributed by atoms with Crippen LogP contribution in [-0.2, 0) is 11.3 Å². The fourth-order valence-corrected chi connectivity index (χ4v) is 3.17. The average Bonchev–Trinajstić information content (AvgIpc) is 3.24. The van der Waals surface area contributed by atoms with E-state index in [2.05, 4.69) is 25.6 Å². The molecular weight excluding hydrogens is 373 g/mol. The Morgan fingerprint density at radius 2 is 2.22 bits per heavy atom. The van der Waals surface area contributed by atoms with Gasteiger partial charge in [0.2, 0.25) is 5.91 Å². The van der Waals surface area contributed by atoms with Gasteiger partial charge in [0.1, 0.15) is 18.7 Å². The zero-order valence-electron chi connectivity index (χ0n) is 14.0. The molecule has 0 saturated carbocycles. The van der Waals surface area contributed by atoms with Crippen LogP contribution in [0.15, 0.2) is 40.8 Å². The van der Waals surface area contributed by atoms with Crippen LogP contribution < -0.4 is 10.9 Å². The molecular formula is C16H12FN7O2S. The smallest absolute Gasteiger partial charge is 0.284 e. The van der Waals surface area contributed by atoms with E-state index in [-0.39, 0.29) is 17.7 Å². The molecule has 4 aromatic rings. The number of anilines is 1. The number of aryl methyl sites for hydroxylation is 1. The van der Waals surface area contributed by atoms with Gasteiger partial charge >= 0.3 is 0 Å². The molecule has 4 rings (SSSR count). The van der Waals surface area contributed by atoms with Gasteiger partial charge in [0, 0.05) is 5.38 Å². The predicted octanol–water partition coefficient (Wildman–Crippen LogP) is 1.52. The molecule has 0 aliphatic heterocycles. The van der Waals surface area contributed by atoms with Gasteiger partial charge in [-0.25, -0.2) is 14.4 Å². The highest BCUT2D eigenvalue weighted by Gasteiger charge is 2.15. The summed E-state index contributed by atoms with van der Waals surface area (Å²) < 4.78 is 15.8. The number of amides is 1. The van der Waals surface area contributed by atoms with Crippen molar-refractivity contribution in [3.05, 3.63) is 57.8 Å². The van der Waals surface area contributed by atoms with Crippen LogP contribution in [0.2, 0.25) is 0 Å². The number of halogens is 1. The van der Waals surface area contributed by atoms with E-state index in [1.165, 1.54) is 40.5 Å². The molecule has 27 heavy (non-hydrogen) atoms. The number of carbonyl (C=O) groups excluding carboxylic acids is 1. The Morgan fingerprint density at radius 1 is 1.37 bits per heavy atom. The third kappa shape index (κ3) is 3.31. The van der Waals surface area contributed by atoms with E-state index < -0.39 is 17.3 Å². The van der Waals surface area contributed by atoms with Crippen molar-refractivity contribution < 1.29 is 9.18 Å². The van der Waals surface area contributed by atoms with Gasteiger partial charge in [-0.1, -0.05) is 11.3 Å². The summed E-state index contributed by atoms with van der Waals surface area (Å²) in [6.45, 7) is 1.57. The molecule has 1 N–H and O–H groups in total. The lowest BCUT2D eigenvalue weighted by molar-refractivity contribution is -0.116. The normalized spacial score (nSPS) is 11.0. The van der Waals surface area contributed by atoms with E-state index in [0.717, 1.165) is 10.3 Å². The SMILES string of the molecule is Cc1csc(NC(=O)Cn2cnc3c(nnn3-c3cccc(F)c3)c2=O)n1.